The van der Waals surface area contributed by atoms with E-state index in [4.69, 9.17) is 5.10 Å². The maximum absolute atomic E-state index is 4.80. The minimum atomic E-state index is 0.654. The van der Waals surface area contributed by atoms with Crippen molar-refractivity contribution in [2.24, 2.45) is 0 Å². The van der Waals surface area contributed by atoms with Crippen molar-refractivity contribution in [1.82, 2.24) is 19.6 Å². The van der Waals surface area contributed by atoms with Gasteiger partial charge in [0.05, 0.1) is 11.7 Å². The fourth-order valence-electron chi connectivity index (χ4n) is 3.47. The molecule has 1 aromatic rings. The van der Waals surface area contributed by atoms with E-state index in [1.54, 1.807) is 0 Å². The van der Waals surface area contributed by atoms with E-state index in [9.17, 15) is 0 Å². The highest BCUT2D eigenvalue weighted by Crippen LogP contribution is 2.29. The lowest BCUT2D eigenvalue weighted by atomic mass is 10.2. The van der Waals surface area contributed by atoms with Crippen LogP contribution in [-0.2, 0) is 6.54 Å². The van der Waals surface area contributed by atoms with Crippen LogP contribution in [0.4, 0.5) is 0 Å². The molecular weight excluding hydrogens is 272 g/mol. The van der Waals surface area contributed by atoms with Gasteiger partial charge in [-0.15, -0.1) is 0 Å². The van der Waals surface area contributed by atoms with Gasteiger partial charge in [0.2, 0.25) is 0 Å². The minimum Gasteiger partial charge on any atom is -0.309 e. The van der Waals surface area contributed by atoms with Gasteiger partial charge in [-0.3, -0.25) is 9.58 Å². The van der Waals surface area contributed by atoms with E-state index in [1.807, 2.05) is 0 Å². The SMILES string of the molecule is CCCN(CCCN(C)C)Cc1cn(C2CCCC2)nc1C. The molecule has 0 saturated heterocycles. The Hall–Kier alpha value is -0.870. The number of hydrogen-bond donors (Lipinski definition) is 0. The van der Waals surface area contributed by atoms with Gasteiger partial charge in [0.1, 0.15) is 0 Å². The van der Waals surface area contributed by atoms with Crippen LogP contribution in [-0.4, -0.2) is 53.3 Å². The second-order valence-electron chi connectivity index (χ2n) is 7.09. The van der Waals surface area contributed by atoms with E-state index < -0.39 is 0 Å². The van der Waals surface area contributed by atoms with Gasteiger partial charge in [-0.25, -0.2) is 0 Å². The molecule has 0 amide bonds. The molecule has 0 bridgehead atoms. The molecule has 0 atom stereocenters. The van der Waals surface area contributed by atoms with Crippen molar-refractivity contribution in [3.8, 4) is 0 Å². The van der Waals surface area contributed by atoms with Crippen LogP contribution in [0.5, 0.6) is 0 Å². The van der Waals surface area contributed by atoms with Crippen LogP contribution in [0.25, 0.3) is 0 Å². The normalized spacial score (nSPS) is 16.3. The fourth-order valence-corrected chi connectivity index (χ4v) is 3.47. The first-order valence-electron chi connectivity index (χ1n) is 9.02. The molecule has 1 saturated carbocycles. The second kappa shape index (κ2) is 8.68. The number of hydrogen-bond acceptors (Lipinski definition) is 3. The largest absolute Gasteiger partial charge is 0.309 e. The summed E-state index contributed by atoms with van der Waals surface area (Å²) in [4.78, 5) is 4.86. The number of rotatable bonds is 9. The predicted molar refractivity (Wildman–Crippen MR) is 93.2 cm³/mol. The Bertz CT molecular complexity index is 432. The smallest absolute Gasteiger partial charge is 0.0638 e. The number of nitrogens with zero attached hydrogens (tertiary/aromatic N) is 4. The molecule has 1 aliphatic carbocycles. The summed E-state index contributed by atoms with van der Waals surface area (Å²) >= 11 is 0. The molecule has 126 valence electrons. The van der Waals surface area contributed by atoms with Gasteiger partial charge < -0.3 is 4.90 Å². The lowest BCUT2D eigenvalue weighted by Gasteiger charge is -2.22. The molecular formula is C18H34N4. The Labute approximate surface area is 136 Å². The van der Waals surface area contributed by atoms with Crippen molar-refractivity contribution in [2.45, 2.75) is 65.0 Å². The predicted octanol–water partition coefficient (Wildman–Crippen LogP) is 3.47. The second-order valence-corrected chi connectivity index (χ2v) is 7.09. The van der Waals surface area contributed by atoms with Crippen molar-refractivity contribution in [2.75, 3.05) is 33.7 Å². The van der Waals surface area contributed by atoms with Crippen LogP contribution in [0.2, 0.25) is 0 Å². The van der Waals surface area contributed by atoms with Crippen LogP contribution < -0.4 is 0 Å². The van der Waals surface area contributed by atoms with Crippen LogP contribution in [0.1, 0.15) is 62.7 Å². The fraction of sp³-hybridized carbons (Fsp3) is 0.833. The quantitative estimate of drug-likeness (QED) is 0.698. The van der Waals surface area contributed by atoms with Crippen molar-refractivity contribution < 1.29 is 0 Å². The Morgan fingerprint density at radius 3 is 2.55 bits per heavy atom. The van der Waals surface area contributed by atoms with Crippen LogP contribution in [0.15, 0.2) is 6.20 Å². The molecule has 4 nitrogen and oxygen atoms in total. The van der Waals surface area contributed by atoms with E-state index >= 15 is 0 Å². The topological polar surface area (TPSA) is 24.3 Å². The summed E-state index contributed by atoms with van der Waals surface area (Å²) in [5.74, 6) is 0. The minimum absolute atomic E-state index is 0.654. The summed E-state index contributed by atoms with van der Waals surface area (Å²) in [5, 5.41) is 4.80. The third-order valence-electron chi connectivity index (χ3n) is 4.73. The molecule has 0 spiro atoms. The third kappa shape index (κ3) is 5.10. The first-order valence-corrected chi connectivity index (χ1v) is 9.02. The van der Waals surface area contributed by atoms with Crippen LogP contribution in [0.3, 0.4) is 0 Å². The Balaban J connectivity index is 1.93. The lowest BCUT2D eigenvalue weighted by molar-refractivity contribution is 0.247. The Morgan fingerprint density at radius 1 is 1.18 bits per heavy atom. The van der Waals surface area contributed by atoms with Gasteiger partial charge in [-0.1, -0.05) is 19.8 Å². The zero-order chi connectivity index (χ0) is 15.9. The Morgan fingerprint density at radius 2 is 1.91 bits per heavy atom. The standard InChI is InChI=1S/C18H34N4/c1-5-11-21(13-8-12-20(3)4)14-17-15-22(19-16(17)2)18-9-6-7-10-18/h15,18H,5-14H2,1-4H3. The van der Waals surface area contributed by atoms with Gasteiger partial charge >= 0.3 is 0 Å². The van der Waals surface area contributed by atoms with Gasteiger partial charge in [-0.05, 0) is 66.3 Å². The average molecular weight is 306 g/mol. The molecule has 1 fully saturated rings. The highest BCUT2D eigenvalue weighted by atomic mass is 15.3. The maximum atomic E-state index is 4.80. The zero-order valence-electron chi connectivity index (χ0n) is 15.0. The maximum Gasteiger partial charge on any atom is 0.0638 e. The van der Waals surface area contributed by atoms with Crippen molar-refractivity contribution >= 4 is 0 Å². The molecule has 1 heterocycles. The van der Waals surface area contributed by atoms with E-state index in [-0.39, 0.29) is 0 Å². The van der Waals surface area contributed by atoms with E-state index in [0.717, 1.165) is 6.54 Å². The number of aromatic nitrogens is 2. The van der Waals surface area contributed by atoms with E-state index in [1.165, 1.54) is 69.4 Å². The molecule has 0 aliphatic heterocycles. The molecule has 4 heteroatoms. The van der Waals surface area contributed by atoms with Crippen LogP contribution in [0, 0.1) is 6.92 Å². The summed E-state index contributed by atoms with van der Waals surface area (Å²) in [6.45, 7) is 9.03. The molecule has 0 aromatic carbocycles. The Kier molecular flexibility index (Phi) is 6.90. The lowest BCUT2D eigenvalue weighted by Crippen LogP contribution is -2.28. The number of aryl methyl sites for hydroxylation is 1. The van der Waals surface area contributed by atoms with E-state index in [0.29, 0.717) is 6.04 Å². The summed E-state index contributed by atoms with van der Waals surface area (Å²) in [6.07, 6.45) is 10.1. The van der Waals surface area contributed by atoms with Crippen molar-refractivity contribution in [3.05, 3.63) is 17.5 Å². The van der Waals surface area contributed by atoms with Gasteiger partial charge in [-0.2, -0.15) is 5.10 Å². The first-order chi connectivity index (χ1) is 10.6. The summed E-state index contributed by atoms with van der Waals surface area (Å²) < 4.78 is 2.25. The highest BCUT2D eigenvalue weighted by Gasteiger charge is 2.19. The molecule has 22 heavy (non-hydrogen) atoms. The first kappa shape index (κ1) is 17.5. The summed E-state index contributed by atoms with van der Waals surface area (Å²) in [7, 11) is 4.31. The molecule has 0 N–H and O–H groups in total. The molecule has 2 rings (SSSR count). The van der Waals surface area contributed by atoms with Gasteiger partial charge in [0.15, 0.2) is 0 Å². The highest BCUT2D eigenvalue weighted by molar-refractivity contribution is 5.16. The van der Waals surface area contributed by atoms with E-state index in [2.05, 4.69) is 48.6 Å². The summed E-state index contributed by atoms with van der Waals surface area (Å²) in [5.41, 5.74) is 2.64. The summed E-state index contributed by atoms with van der Waals surface area (Å²) in [6, 6.07) is 0.654. The van der Waals surface area contributed by atoms with Crippen molar-refractivity contribution in [1.29, 1.82) is 0 Å². The molecule has 0 radical (unpaired) electrons. The molecule has 0 unspecified atom stereocenters. The zero-order valence-corrected chi connectivity index (χ0v) is 15.0. The monoisotopic (exact) mass is 306 g/mol. The van der Waals surface area contributed by atoms with Gasteiger partial charge in [0, 0.05) is 18.3 Å². The molecule has 1 aliphatic rings. The van der Waals surface area contributed by atoms with Crippen LogP contribution >= 0.6 is 0 Å². The average Bonchev–Trinajstić information content (AvgIpc) is 3.09. The third-order valence-corrected chi connectivity index (χ3v) is 4.73. The molecule has 1 aromatic heterocycles. The van der Waals surface area contributed by atoms with Crippen molar-refractivity contribution in [3.63, 3.8) is 0 Å². The van der Waals surface area contributed by atoms with Gasteiger partial charge in [0.25, 0.3) is 0 Å².